The number of carbonyl (C=O) groups is 2. The number of ether oxygens (including phenoxy) is 1. The van der Waals surface area contributed by atoms with Gasteiger partial charge in [-0.25, -0.2) is 0 Å². The fourth-order valence-corrected chi connectivity index (χ4v) is 11.9. The summed E-state index contributed by atoms with van der Waals surface area (Å²) >= 11 is 0. The van der Waals surface area contributed by atoms with E-state index in [4.69, 9.17) is 4.74 Å². The molecule has 0 radical (unpaired) electrons. The predicted octanol–water partition coefficient (Wildman–Crippen LogP) is 23.9. The monoisotopic (exact) mass is 1130 g/mol. The molecule has 0 spiro atoms. The third kappa shape index (κ3) is 65.7. The smallest absolute Gasteiger partial charge is 0.305 e. The second kappa shape index (κ2) is 70.1. The van der Waals surface area contributed by atoms with Crippen LogP contribution in [0.5, 0.6) is 0 Å². The first-order chi connectivity index (χ1) is 39.5. The summed E-state index contributed by atoms with van der Waals surface area (Å²) in [5.74, 6) is -0.0150. The van der Waals surface area contributed by atoms with Crippen LogP contribution in [0.3, 0.4) is 0 Å². The summed E-state index contributed by atoms with van der Waals surface area (Å²) in [7, 11) is 0. The molecule has 80 heavy (non-hydrogen) atoms. The number of allylic oxidation sites excluding steroid dienone is 2. The number of carbonyl (C=O) groups excluding carboxylic acids is 2. The molecule has 6 heteroatoms. The highest BCUT2D eigenvalue weighted by atomic mass is 16.5. The predicted molar refractivity (Wildman–Crippen MR) is 352 cm³/mol. The number of nitrogens with one attached hydrogen (secondary N) is 1. The van der Waals surface area contributed by atoms with Crippen molar-refractivity contribution in [3.8, 4) is 0 Å². The Morgan fingerprint density at radius 1 is 0.338 bits per heavy atom. The molecule has 0 aromatic heterocycles. The number of rotatable bonds is 70. The molecular weight excluding hydrogens is 983 g/mol. The van der Waals surface area contributed by atoms with Gasteiger partial charge < -0.3 is 20.3 Å². The molecule has 0 saturated carbocycles. The van der Waals surface area contributed by atoms with Crippen LogP contribution in [0.1, 0.15) is 425 Å². The van der Waals surface area contributed by atoms with Gasteiger partial charge in [-0.2, -0.15) is 0 Å². The van der Waals surface area contributed by atoms with Crippen molar-refractivity contribution in [1.82, 2.24) is 5.32 Å². The third-order valence-electron chi connectivity index (χ3n) is 17.6. The van der Waals surface area contributed by atoms with E-state index < -0.39 is 12.1 Å². The van der Waals surface area contributed by atoms with Crippen molar-refractivity contribution in [2.75, 3.05) is 13.2 Å². The molecule has 0 rings (SSSR count). The van der Waals surface area contributed by atoms with Crippen molar-refractivity contribution in [3.63, 3.8) is 0 Å². The van der Waals surface area contributed by atoms with Gasteiger partial charge in [-0.1, -0.05) is 379 Å². The maximum absolute atomic E-state index is 12.6. The van der Waals surface area contributed by atoms with Crippen LogP contribution in [-0.4, -0.2) is 47.4 Å². The largest absolute Gasteiger partial charge is 0.466 e. The molecule has 0 saturated heterocycles. The Morgan fingerprint density at radius 2 is 0.600 bits per heavy atom. The highest BCUT2D eigenvalue weighted by Gasteiger charge is 2.20. The van der Waals surface area contributed by atoms with E-state index in [9.17, 15) is 19.8 Å². The van der Waals surface area contributed by atoms with Gasteiger partial charge in [-0.3, -0.25) is 9.59 Å². The number of esters is 1. The average molecular weight is 1130 g/mol. The van der Waals surface area contributed by atoms with E-state index in [0.717, 1.165) is 44.9 Å². The number of amides is 1. The van der Waals surface area contributed by atoms with Gasteiger partial charge in [-0.05, 0) is 44.9 Å². The fraction of sp³-hybridized carbons (Fsp3) is 0.946. The normalized spacial score (nSPS) is 12.5. The van der Waals surface area contributed by atoms with Gasteiger partial charge in [0.2, 0.25) is 5.91 Å². The second-order valence-electron chi connectivity index (χ2n) is 25.6. The molecule has 0 heterocycles. The minimum absolute atomic E-state index is 0.0105. The van der Waals surface area contributed by atoms with E-state index in [-0.39, 0.29) is 18.5 Å². The summed E-state index contributed by atoms with van der Waals surface area (Å²) in [5.41, 5.74) is 0. The molecule has 476 valence electrons. The minimum atomic E-state index is -0.662. The molecule has 2 unspecified atom stereocenters. The Morgan fingerprint density at radius 3 is 0.925 bits per heavy atom. The summed E-state index contributed by atoms with van der Waals surface area (Å²) in [5, 5.41) is 23.4. The molecular formula is C74H145NO5. The van der Waals surface area contributed by atoms with E-state index in [1.165, 1.54) is 347 Å². The van der Waals surface area contributed by atoms with E-state index in [1.54, 1.807) is 0 Å². The molecule has 3 N–H and O–H groups in total. The Hall–Kier alpha value is -1.40. The van der Waals surface area contributed by atoms with E-state index in [0.29, 0.717) is 25.9 Å². The standard InChI is InChI=1S/C74H145NO5/c1-3-5-7-9-11-13-15-16-17-18-19-31-34-37-40-43-47-50-54-58-62-66-72(77)71(70-76)75-73(78)67-63-59-55-51-48-44-41-38-35-32-29-27-25-23-21-20-22-24-26-28-30-33-36-39-42-45-49-53-57-61-65-69-80-74(79)68-64-60-56-52-46-14-12-10-8-6-4-2/h10,12,71-72,76-77H,3-9,11,13-70H2,1-2H3,(H,75,78)/b12-10-. The molecule has 0 fully saturated rings. The van der Waals surface area contributed by atoms with Crippen molar-refractivity contribution >= 4 is 11.9 Å². The zero-order valence-corrected chi connectivity index (χ0v) is 54.6. The molecule has 0 aliphatic heterocycles. The Balaban J connectivity index is 3.33. The van der Waals surface area contributed by atoms with Gasteiger partial charge in [0.05, 0.1) is 25.4 Å². The maximum atomic E-state index is 12.6. The van der Waals surface area contributed by atoms with Crippen LogP contribution in [0, 0.1) is 0 Å². The molecule has 6 nitrogen and oxygen atoms in total. The zero-order valence-electron chi connectivity index (χ0n) is 54.6. The molecule has 0 aromatic carbocycles. The maximum Gasteiger partial charge on any atom is 0.305 e. The Labute approximate surface area is 501 Å². The molecule has 0 aliphatic carbocycles. The summed E-state index contributed by atoms with van der Waals surface area (Å²) in [4.78, 5) is 24.6. The van der Waals surface area contributed by atoms with Crippen LogP contribution < -0.4 is 5.32 Å². The van der Waals surface area contributed by atoms with Gasteiger partial charge in [0, 0.05) is 12.8 Å². The number of aliphatic hydroxyl groups is 2. The third-order valence-corrected chi connectivity index (χ3v) is 17.6. The highest BCUT2D eigenvalue weighted by molar-refractivity contribution is 5.76. The van der Waals surface area contributed by atoms with Crippen LogP contribution in [0.4, 0.5) is 0 Å². The summed E-state index contributed by atoms with van der Waals surface area (Å²) < 4.78 is 5.47. The summed E-state index contributed by atoms with van der Waals surface area (Å²) in [6, 6.07) is -0.538. The van der Waals surface area contributed by atoms with Crippen molar-refractivity contribution in [2.45, 2.75) is 437 Å². The lowest BCUT2D eigenvalue weighted by molar-refractivity contribution is -0.143. The molecule has 0 bridgehead atoms. The van der Waals surface area contributed by atoms with Gasteiger partial charge in [-0.15, -0.1) is 0 Å². The lowest BCUT2D eigenvalue weighted by Gasteiger charge is -2.22. The van der Waals surface area contributed by atoms with E-state index >= 15 is 0 Å². The summed E-state index contributed by atoms with van der Waals surface area (Å²) in [6.45, 7) is 4.96. The fourth-order valence-electron chi connectivity index (χ4n) is 11.9. The van der Waals surface area contributed by atoms with E-state index in [1.807, 2.05) is 0 Å². The summed E-state index contributed by atoms with van der Waals surface area (Å²) in [6.07, 6.45) is 87.1. The first-order valence-corrected chi connectivity index (χ1v) is 36.9. The first kappa shape index (κ1) is 78.6. The van der Waals surface area contributed by atoms with Crippen LogP contribution in [0.25, 0.3) is 0 Å². The minimum Gasteiger partial charge on any atom is -0.466 e. The van der Waals surface area contributed by atoms with Crippen LogP contribution in [0.2, 0.25) is 0 Å². The van der Waals surface area contributed by atoms with Gasteiger partial charge in [0.1, 0.15) is 0 Å². The van der Waals surface area contributed by atoms with Crippen molar-refractivity contribution < 1.29 is 24.5 Å². The zero-order chi connectivity index (χ0) is 57.8. The average Bonchev–Trinajstić information content (AvgIpc) is 3.46. The Kier molecular flexibility index (Phi) is 68.9. The van der Waals surface area contributed by atoms with Crippen molar-refractivity contribution in [3.05, 3.63) is 12.2 Å². The van der Waals surface area contributed by atoms with Crippen molar-refractivity contribution in [1.29, 1.82) is 0 Å². The first-order valence-electron chi connectivity index (χ1n) is 36.9. The lowest BCUT2D eigenvalue weighted by Crippen LogP contribution is -2.45. The number of aliphatic hydroxyl groups excluding tert-OH is 2. The molecule has 0 aromatic rings. The number of hydrogen-bond donors (Lipinski definition) is 3. The van der Waals surface area contributed by atoms with Gasteiger partial charge >= 0.3 is 5.97 Å². The second-order valence-corrected chi connectivity index (χ2v) is 25.6. The topological polar surface area (TPSA) is 95.9 Å². The number of hydrogen-bond acceptors (Lipinski definition) is 5. The van der Waals surface area contributed by atoms with E-state index in [2.05, 4.69) is 31.3 Å². The number of unbranched alkanes of at least 4 members (excludes halogenated alkanes) is 57. The van der Waals surface area contributed by atoms with Crippen LogP contribution in [-0.2, 0) is 14.3 Å². The molecule has 2 atom stereocenters. The van der Waals surface area contributed by atoms with Crippen LogP contribution >= 0.6 is 0 Å². The van der Waals surface area contributed by atoms with Crippen molar-refractivity contribution in [2.24, 2.45) is 0 Å². The highest BCUT2D eigenvalue weighted by Crippen LogP contribution is 2.20. The lowest BCUT2D eigenvalue weighted by atomic mass is 10.0. The SMILES string of the molecule is CCCC/C=C\CCCCCCCC(=O)OCCCCCCCCCCCCCCCCCCCCCCCCCCCCCCCCCC(=O)NC(CO)C(O)CCCCCCCCCCCCCCCCCCCCCCC. The van der Waals surface area contributed by atoms with Gasteiger partial charge in [0.15, 0.2) is 0 Å². The molecule has 0 aliphatic rings. The quantitative estimate of drug-likeness (QED) is 0.0320. The van der Waals surface area contributed by atoms with Crippen LogP contribution in [0.15, 0.2) is 12.2 Å². The Bertz CT molecular complexity index is 1210. The van der Waals surface area contributed by atoms with Gasteiger partial charge in [0.25, 0.3) is 0 Å². The molecule has 1 amide bonds.